The van der Waals surface area contributed by atoms with Gasteiger partial charge in [0.15, 0.2) is 0 Å². The molecule has 1 rings (SSSR count). The van der Waals surface area contributed by atoms with Crippen LogP contribution in [0.25, 0.3) is 0 Å². The lowest BCUT2D eigenvalue weighted by Gasteiger charge is -2.17. The number of hydrogen-bond acceptors (Lipinski definition) is 1. The third kappa shape index (κ3) is 4.66. The predicted octanol–water partition coefficient (Wildman–Crippen LogP) is 3.45. The fraction of sp³-hybridized carbons (Fsp3) is 0.583. The summed E-state index contributed by atoms with van der Waals surface area (Å²) in [5.41, 5.74) is 1.81. The number of nitrogens with zero attached hydrogens (tertiary/aromatic N) is 1. The van der Waals surface area contributed by atoms with E-state index < -0.39 is 0 Å². The summed E-state index contributed by atoms with van der Waals surface area (Å²) in [6.07, 6.45) is 7.48. The van der Waals surface area contributed by atoms with Gasteiger partial charge in [0.2, 0.25) is 0 Å². The fourth-order valence-electron chi connectivity index (χ4n) is 1.37. The molecule has 1 heterocycles. The van der Waals surface area contributed by atoms with Gasteiger partial charge in [-0.05, 0) is 36.3 Å². The van der Waals surface area contributed by atoms with Crippen molar-refractivity contribution in [3.05, 3.63) is 30.1 Å². The molecule has 0 saturated heterocycles. The Labute approximate surface area is 81.2 Å². The minimum atomic E-state index is 0.461. The largest absolute Gasteiger partial charge is 0.264 e. The normalized spacial score (nSPS) is 11.6. The average molecular weight is 177 g/mol. The van der Waals surface area contributed by atoms with Gasteiger partial charge in [-0.2, -0.15) is 0 Å². The zero-order chi connectivity index (χ0) is 9.73. The fourth-order valence-corrected chi connectivity index (χ4v) is 1.37. The second-order valence-electron chi connectivity index (χ2n) is 4.78. The second kappa shape index (κ2) is 4.40. The Balaban J connectivity index is 2.29. The van der Waals surface area contributed by atoms with E-state index in [4.69, 9.17) is 0 Å². The van der Waals surface area contributed by atoms with Crippen molar-refractivity contribution in [1.29, 1.82) is 0 Å². The van der Waals surface area contributed by atoms with Gasteiger partial charge in [0.1, 0.15) is 0 Å². The third-order valence-electron chi connectivity index (χ3n) is 2.12. The van der Waals surface area contributed by atoms with E-state index >= 15 is 0 Å². The summed E-state index contributed by atoms with van der Waals surface area (Å²) in [6.45, 7) is 6.86. The number of rotatable bonds is 3. The first-order valence-electron chi connectivity index (χ1n) is 4.97. The van der Waals surface area contributed by atoms with Crippen LogP contribution in [0, 0.1) is 5.41 Å². The summed E-state index contributed by atoms with van der Waals surface area (Å²) in [4.78, 5) is 4.10. The zero-order valence-electron chi connectivity index (χ0n) is 8.88. The number of aromatic nitrogens is 1. The van der Waals surface area contributed by atoms with Gasteiger partial charge in [0.25, 0.3) is 0 Å². The van der Waals surface area contributed by atoms with Gasteiger partial charge in [-0.15, -0.1) is 0 Å². The van der Waals surface area contributed by atoms with Gasteiger partial charge in [-0.1, -0.05) is 26.8 Å². The highest BCUT2D eigenvalue weighted by atomic mass is 14.6. The SMILES string of the molecule is CC(C)(C)CCCc1cccnc1. The molecular weight excluding hydrogens is 158 g/mol. The van der Waals surface area contributed by atoms with Crippen molar-refractivity contribution in [2.75, 3.05) is 0 Å². The Hall–Kier alpha value is -0.850. The topological polar surface area (TPSA) is 12.9 Å². The molecule has 0 aliphatic heterocycles. The molecule has 1 heteroatoms. The lowest BCUT2D eigenvalue weighted by molar-refractivity contribution is 0.365. The summed E-state index contributed by atoms with van der Waals surface area (Å²) in [5, 5.41) is 0. The average Bonchev–Trinajstić information content (AvgIpc) is 2.04. The van der Waals surface area contributed by atoms with Crippen LogP contribution in [0.2, 0.25) is 0 Å². The maximum Gasteiger partial charge on any atom is 0.0299 e. The molecule has 0 atom stereocenters. The molecule has 0 bridgehead atoms. The molecule has 1 aromatic heterocycles. The van der Waals surface area contributed by atoms with Crippen molar-refractivity contribution >= 4 is 0 Å². The van der Waals surface area contributed by atoms with E-state index in [-0.39, 0.29) is 0 Å². The summed E-state index contributed by atoms with van der Waals surface area (Å²) in [5.74, 6) is 0. The quantitative estimate of drug-likeness (QED) is 0.689. The molecule has 13 heavy (non-hydrogen) atoms. The molecule has 0 saturated carbocycles. The van der Waals surface area contributed by atoms with Gasteiger partial charge in [-0.3, -0.25) is 4.98 Å². The maximum atomic E-state index is 4.10. The number of aryl methyl sites for hydroxylation is 1. The standard InChI is InChI=1S/C12H19N/c1-12(2,3)8-4-6-11-7-5-9-13-10-11/h5,7,9-10H,4,6,8H2,1-3H3. The lowest BCUT2D eigenvalue weighted by atomic mass is 9.89. The van der Waals surface area contributed by atoms with Crippen molar-refractivity contribution < 1.29 is 0 Å². The molecule has 72 valence electrons. The molecule has 0 unspecified atom stereocenters. The van der Waals surface area contributed by atoms with Crippen molar-refractivity contribution in [1.82, 2.24) is 4.98 Å². The van der Waals surface area contributed by atoms with E-state index in [1.165, 1.54) is 18.4 Å². The number of hydrogen-bond donors (Lipinski definition) is 0. The molecule has 1 aromatic rings. The van der Waals surface area contributed by atoms with Crippen molar-refractivity contribution in [2.45, 2.75) is 40.0 Å². The number of pyridine rings is 1. The first-order valence-corrected chi connectivity index (χ1v) is 4.97. The molecule has 0 radical (unpaired) electrons. The molecule has 0 aromatic carbocycles. The Morgan fingerprint density at radius 1 is 1.31 bits per heavy atom. The van der Waals surface area contributed by atoms with E-state index in [0.717, 1.165) is 6.42 Å². The van der Waals surface area contributed by atoms with Gasteiger partial charge in [-0.25, -0.2) is 0 Å². The Morgan fingerprint density at radius 2 is 2.08 bits per heavy atom. The second-order valence-corrected chi connectivity index (χ2v) is 4.78. The summed E-state index contributed by atoms with van der Waals surface area (Å²) < 4.78 is 0. The molecule has 0 aliphatic rings. The van der Waals surface area contributed by atoms with E-state index in [1.807, 2.05) is 18.5 Å². The first-order chi connectivity index (χ1) is 6.08. The highest BCUT2D eigenvalue weighted by molar-refractivity contribution is 5.08. The molecule has 0 amide bonds. The highest BCUT2D eigenvalue weighted by Crippen LogP contribution is 2.21. The Morgan fingerprint density at radius 3 is 2.62 bits per heavy atom. The van der Waals surface area contributed by atoms with Crippen LogP contribution in [0.15, 0.2) is 24.5 Å². The molecule has 0 aliphatic carbocycles. The van der Waals surface area contributed by atoms with Crippen molar-refractivity contribution in [3.8, 4) is 0 Å². The molecule has 0 N–H and O–H groups in total. The summed E-state index contributed by atoms with van der Waals surface area (Å²) >= 11 is 0. The van der Waals surface area contributed by atoms with Gasteiger partial charge in [0, 0.05) is 12.4 Å². The first kappa shape index (κ1) is 10.2. The lowest BCUT2D eigenvalue weighted by Crippen LogP contribution is -2.04. The van der Waals surface area contributed by atoms with Gasteiger partial charge in [0.05, 0.1) is 0 Å². The van der Waals surface area contributed by atoms with Crippen molar-refractivity contribution in [2.24, 2.45) is 5.41 Å². The van der Waals surface area contributed by atoms with Crippen LogP contribution >= 0.6 is 0 Å². The Kier molecular flexibility index (Phi) is 3.47. The molecule has 0 spiro atoms. The summed E-state index contributed by atoms with van der Waals surface area (Å²) in [7, 11) is 0. The van der Waals surface area contributed by atoms with Crippen LogP contribution in [-0.4, -0.2) is 4.98 Å². The predicted molar refractivity (Wildman–Crippen MR) is 56.6 cm³/mol. The van der Waals surface area contributed by atoms with Crippen LogP contribution in [0.4, 0.5) is 0 Å². The van der Waals surface area contributed by atoms with Crippen LogP contribution in [-0.2, 0) is 6.42 Å². The Bertz CT molecular complexity index is 233. The smallest absolute Gasteiger partial charge is 0.0299 e. The monoisotopic (exact) mass is 177 g/mol. The van der Waals surface area contributed by atoms with Crippen LogP contribution in [0.1, 0.15) is 39.2 Å². The summed E-state index contributed by atoms with van der Waals surface area (Å²) in [6, 6.07) is 4.15. The van der Waals surface area contributed by atoms with E-state index in [1.54, 1.807) is 0 Å². The zero-order valence-corrected chi connectivity index (χ0v) is 8.88. The van der Waals surface area contributed by atoms with Crippen LogP contribution in [0.5, 0.6) is 0 Å². The van der Waals surface area contributed by atoms with E-state index in [0.29, 0.717) is 5.41 Å². The van der Waals surface area contributed by atoms with Gasteiger partial charge < -0.3 is 0 Å². The highest BCUT2D eigenvalue weighted by Gasteiger charge is 2.08. The molecule has 1 nitrogen and oxygen atoms in total. The van der Waals surface area contributed by atoms with Crippen LogP contribution < -0.4 is 0 Å². The maximum absolute atomic E-state index is 4.10. The molecular formula is C12H19N. The third-order valence-corrected chi connectivity index (χ3v) is 2.12. The van der Waals surface area contributed by atoms with Crippen LogP contribution in [0.3, 0.4) is 0 Å². The van der Waals surface area contributed by atoms with Gasteiger partial charge >= 0.3 is 0 Å². The van der Waals surface area contributed by atoms with Crippen molar-refractivity contribution in [3.63, 3.8) is 0 Å². The van der Waals surface area contributed by atoms with E-state index in [2.05, 4.69) is 31.8 Å². The van der Waals surface area contributed by atoms with E-state index in [9.17, 15) is 0 Å². The molecule has 0 fully saturated rings. The minimum absolute atomic E-state index is 0.461. The minimum Gasteiger partial charge on any atom is -0.264 e.